The fourth-order valence-electron chi connectivity index (χ4n) is 2.48. The molecule has 2 heteroatoms. The highest BCUT2D eigenvalue weighted by molar-refractivity contribution is 5.27. The van der Waals surface area contributed by atoms with E-state index in [1.807, 2.05) is 24.3 Å². The molecule has 0 spiro atoms. The molecule has 0 saturated heterocycles. The molecule has 0 heterocycles. The van der Waals surface area contributed by atoms with Gasteiger partial charge in [0.25, 0.3) is 0 Å². The van der Waals surface area contributed by atoms with E-state index >= 15 is 0 Å². The summed E-state index contributed by atoms with van der Waals surface area (Å²) in [7, 11) is 1.67. The van der Waals surface area contributed by atoms with Gasteiger partial charge in [-0.2, -0.15) is 0 Å². The van der Waals surface area contributed by atoms with Gasteiger partial charge in [-0.25, -0.2) is 0 Å². The molecule has 0 aliphatic carbocycles. The lowest BCUT2D eigenvalue weighted by Crippen LogP contribution is -2.16. The van der Waals surface area contributed by atoms with E-state index in [4.69, 9.17) is 4.74 Å². The van der Waals surface area contributed by atoms with Gasteiger partial charge in [-0.1, -0.05) is 51.7 Å². The third-order valence-corrected chi connectivity index (χ3v) is 3.78. The minimum atomic E-state index is -0.227. The summed E-state index contributed by atoms with van der Waals surface area (Å²) in [6, 6.07) is 7.98. The van der Waals surface area contributed by atoms with Crippen LogP contribution in [-0.2, 0) is 6.42 Å². The highest BCUT2D eigenvalue weighted by Crippen LogP contribution is 2.21. The van der Waals surface area contributed by atoms with Crippen LogP contribution >= 0.6 is 0 Å². The monoisotopic (exact) mass is 264 g/mol. The zero-order chi connectivity index (χ0) is 14.1. The minimum Gasteiger partial charge on any atom is -0.497 e. The minimum absolute atomic E-state index is 0.227. The fraction of sp³-hybridized carbons (Fsp3) is 0.647. The van der Waals surface area contributed by atoms with Crippen LogP contribution in [0.15, 0.2) is 24.3 Å². The SMILES string of the molecule is CCCCC(CC)CC(O)Cc1ccc(OC)cc1. The molecule has 1 rings (SSSR count). The molecule has 2 nitrogen and oxygen atoms in total. The van der Waals surface area contributed by atoms with E-state index in [1.54, 1.807) is 7.11 Å². The first-order chi connectivity index (χ1) is 9.19. The van der Waals surface area contributed by atoms with E-state index in [0.717, 1.165) is 18.6 Å². The second-order valence-electron chi connectivity index (χ2n) is 5.36. The quantitative estimate of drug-likeness (QED) is 0.724. The zero-order valence-corrected chi connectivity index (χ0v) is 12.6. The molecule has 0 aromatic heterocycles. The van der Waals surface area contributed by atoms with Crippen molar-refractivity contribution in [3.63, 3.8) is 0 Å². The van der Waals surface area contributed by atoms with Crippen molar-refractivity contribution in [2.45, 2.75) is 58.5 Å². The lowest BCUT2D eigenvalue weighted by Gasteiger charge is -2.19. The van der Waals surface area contributed by atoms with Crippen molar-refractivity contribution in [2.75, 3.05) is 7.11 Å². The Morgan fingerprint density at radius 2 is 1.84 bits per heavy atom. The second kappa shape index (κ2) is 8.98. The Bertz CT molecular complexity index is 332. The van der Waals surface area contributed by atoms with Crippen molar-refractivity contribution >= 4 is 0 Å². The van der Waals surface area contributed by atoms with Gasteiger partial charge in [0, 0.05) is 0 Å². The van der Waals surface area contributed by atoms with Crippen molar-refractivity contribution in [3.05, 3.63) is 29.8 Å². The lowest BCUT2D eigenvalue weighted by atomic mass is 9.91. The van der Waals surface area contributed by atoms with Gasteiger partial charge in [-0.15, -0.1) is 0 Å². The van der Waals surface area contributed by atoms with E-state index in [0.29, 0.717) is 5.92 Å². The molecule has 1 aromatic rings. The maximum absolute atomic E-state index is 10.2. The summed E-state index contributed by atoms with van der Waals surface area (Å²) in [6.45, 7) is 4.45. The molecule has 2 atom stereocenters. The van der Waals surface area contributed by atoms with E-state index in [1.165, 1.54) is 31.2 Å². The molecular weight excluding hydrogens is 236 g/mol. The van der Waals surface area contributed by atoms with Gasteiger partial charge in [-0.05, 0) is 36.5 Å². The fourth-order valence-corrected chi connectivity index (χ4v) is 2.48. The van der Waals surface area contributed by atoms with Crippen LogP contribution < -0.4 is 4.74 Å². The molecule has 0 amide bonds. The van der Waals surface area contributed by atoms with Gasteiger partial charge >= 0.3 is 0 Å². The predicted molar refractivity (Wildman–Crippen MR) is 80.6 cm³/mol. The third kappa shape index (κ3) is 6.11. The Morgan fingerprint density at radius 3 is 2.37 bits per heavy atom. The van der Waals surface area contributed by atoms with Crippen LogP contribution in [0.4, 0.5) is 0 Å². The summed E-state index contributed by atoms with van der Waals surface area (Å²) in [5, 5.41) is 10.2. The van der Waals surface area contributed by atoms with E-state index in [-0.39, 0.29) is 6.10 Å². The van der Waals surface area contributed by atoms with E-state index in [9.17, 15) is 5.11 Å². The molecule has 1 N–H and O–H groups in total. The number of rotatable bonds is 9. The highest BCUT2D eigenvalue weighted by atomic mass is 16.5. The summed E-state index contributed by atoms with van der Waals surface area (Å²) in [5.74, 6) is 1.53. The highest BCUT2D eigenvalue weighted by Gasteiger charge is 2.13. The lowest BCUT2D eigenvalue weighted by molar-refractivity contribution is 0.137. The normalized spacial score (nSPS) is 14.1. The Balaban J connectivity index is 2.41. The number of ether oxygens (including phenoxy) is 1. The van der Waals surface area contributed by atoms with Gasteiger partial charge in [0.1, 0.15) is 5.75 Å². The van der Waals surface area contributed by atoms with Crippen LogP contribution in [0.25, 0.3) is 0 Å². The first-order valence-corrected chi connectivity index (χ1v) is 7.50. The Morgan fingerprint density at radius 1 is 1.16 bits per heavy atom. The van der Waals surface area contributed by atoms with Crippen molar-refractivity contribution in [2.24, 2.45) is 5.92 Å². The largest absolute Gasteiger partial charge is 0.497 e. The molecule has 0 aliphatic heterocycles. The summed E-state index contributed by atoms with van der Waals surface area (Å²) in [4.78, 5) is 0. The number of benzene rings is 1. The van der Waals surface area contributed by atoms with Crippen LogP contribution in [0.1, 0.15) is 51.5 Å². The third-order valence-electron chi connectivity index (χ3n) is 3.78. The number of methoxy groups -OCH3 is 1. The van der Waals surface area contributed by atoms with Crippen molar-refractivity contribution in [1.29, 1.82) is 0 Å². The Kier molecular flexibility index (Phi) is 7.57. The van der Waals surface area contributed by atoms with Crippen LogP contribution in [0.5, 0.6) is 5.75 Å². The number of aliphatic hydroxyl groups is 1. The molecule has 0 saturated carbocycles. The number of aliphatic hydroxyl groups excluding tert-OH is 1. The number of unbranched alkanes of at least 4 members (excludes halogenated alkanes) is 1. The van der Waals surface area contributed by atoms with Crippen LogP contribution in [0, 0.1) is 5.92 Å². The molecule has 19 heavy (non-hydrogen) atoms. The van der Waals surface area contributed by atoms with Gasteiger partial charge in [0.15, 0.2) is 0 Å². The van der Waals surface area contributed by atoms with E-state index in [2.05, 4.69) is 13.8 Å². The summed E-state index contributed by atoms with van der Waals surface area (Å²) in [6.07, 6.45) is 6.36. The van der Waals surface area contributed by atoms with Crippen LogP contribution in [0.3, 0.4) is 0 Å². The molecule has 1 aromatic carbocycles. The second-order valence-corrected chi connectivity index (χ2v) is 5.36. The maximum Gasteiger partial charge on any atom is 0.118 e. The van der Waals surface area contributed by atoms with Gasteiger partial charge in [0.2, 0.25) is 0 Å². The molecule has 0 aliphatic rings. The predicted octanol–water partition coefficient (Wildman–Crippen LogP) is 4.21. The zero-order valence-electron chi connectivity index (χ0n) is 12.6. The molecule has 0 radical (unpaired) electrons. The summed E-state index contributed by atoms with van der Waals surface area (Å²) >= 11 is 0. The van der Waals surface area contributed by atoms with Gasteiger partial charge < -0.3 is 9.84 Å². The number of hydrogen-bond donors (Lipinski definition) is 1. The van der Waals surface area contributed by atoms with Crippen molar-refractivity contribution in [3.8, 4) is 5.75 Å². The van der Waals surface area contributed by atoms with Gasteiger partial charge in [-0.3, -0.25) is 0 Å². The first kappa shape index (κ1) is 16.0. The van der Waals surface area contributed by atoms with Crippen LogP contribution in [-0.4, -0.2) is 18.3 Å². The van der Waals surface area contributed by atoms with Crippen molar-refractivity contribution in [1.82, 2.24) is 0 Å². The summed E-state index contributed by atoms with van der Waals surface area (Å²) < 4.78 is 5.14. The smallest absolute Gasteiger partial charge is 0.118 e. The van der Waals surface area contributed by atoms with E-state index < -0.39 is 0 Å². The standard InChI is InChI=1S/C17H28O2/c1-4-6-7-14(5-2)12-16(18)13-15-8-10-17(19-3)11-9-15/h8-11,14,16,18H,4-7,12-13H2,1-3H3. The Hall–Kier alpha value is -1.02. The Labute approximate surface area is 117 Å². The van der Waals surface area contributed by atoms with Crippen LogP contribution in [0.2, 0.25) is 0 Å². The molecule has 108 valence electrons. The molecule has 2 unspecified atom stereocenters. The molecular formula is C17H28O2. The van der Waals surface area contributed by atoms with Gasteiger partial charge in [0.05, 0.1) is 13.2 Å². The average molecular weight is 264 g/mol. The molecule has 0 fully saturated rings. The molecule has 0 bridgehead atoms. The first-order valence-electron chi connectivity index (χ1n) is 7.50. The van der Waals surface area contributed by atoms with Crippen molar-refractivity contribution < 1.29 is 9.84 Å². The maximum atomic E-state index is 10.2. The topological polar surface area (TPSA) is 29.5 Å². The average Bonchev–Trinajstić information content (AvgIpc) is 2.44. The summed E-state index contributed by atoms with van der Waals surface area (Å²) in [5.41, 5.74) is 1.18. The number of hydrogen-bond acceptors (Lipinski definition) is 2.